The summed E-state index contributed by atoms with van der Waals surface area (Å²) < 4.78 is 2.45. The minimum absolute atomic E-state index is 0.0559. The number of allylic oxidation sites excluding steroid dienone is 1. The minimum atomic E-state index is -0.226. The van der Waals surface area contributed by atoms with Gasteiger partial charge in [-0.2, -0.15) is 10.5 Å². The first kappa shape index (κ1) is 24.4. The summed E-state index contributed by atoms with van der Waals surface area (Å²) in [4.78, 5) is 16.3. The quantitative estimate of drug-likeness (QED) is 0.177. The highest BCUT2D eigenvalue weighted by Crippen LogP contribution is 2.69. The second-order valence-corrected chi connectivity index (χ2v) is 13.9. The average molecular weight is 563 g/mol. The van der Waals surface area contributed by atoms with Gasteiger partial charge in [-0.15, -0.1) is 22.7 Å². The molecule has 0 N–H and O–H groups in total. The van der Waals surface area contributed by atoms with Crippen LogP contribution < -0.4 is 0 Å². The highest BCUT2D eigenvalue weighted by Gasteiger charge is 2.55. The van der Waals surface area contributed by atoms with E-state index in [0.29, 0.717) is 0 Å². The van der Waals surface area contributed by atoms with Crippen LogP contribution in [0.25, 0.3) is 30.1 Å². The smallest absolute Gasteiger partial charge is 0.350 e. The fraction of sp³-hybridized carbons (Fsp3) is 0.400. The monoisotopic (exact) mass is 562 g/mol. The molecule has 6 nitrogen and oxygen atoms in total. The van der Waals surface area contributed by atoms with Crippen molar-refractivity contribution in [3.05, 3.63) is 44.7 Å². The molecule has 0 unspecified atom stereocenters. The van der Waals surface area contributed by atoms with Crippen LogP contribution in [-0.4, -0.2) is 11.5 Å². The van der Waals surface area contributed by atoms with Gasteiger partial charge >= 0.3 is 5.84 Å². The predicted molar refractivity (Wildman–Crippen MR) is 158 cm³/mol. The van der Waals surface area contributed by atoms with Gasteiger partial charge in [0.1, 0.15) is 18.2 Å². The van der Waals surface area contributed by atoms with E-state index in [1.807, 2.05) is 46.9 Å². The van der Waals surface area contributed by atoms with Crippen molar-refractivity contribution in [2.45, 2.75) is 75.0 Å². The van der Waals surface area contributed by atoms with Crippen LogP contribution in [0, 0.1) is 40.6 Å². The summed E-state index contributed by atoms with van der Waals surface area (Å²) in [6.45, 7) is 7.23. The number of rotatable bonds is 2. The molecule has 9 heteroatoms. The van der Waals surface area contributed by atoms with Crippen LogP contribution in [0.2, 0.25) is 0 Å². The SMILES string of the molecule is [C-]#[N+]C(C#N)=Nc1cc2sc3c(c2s1)C1(CCCCC1)c1c-3sc2c1C1(CCCCC1)C(N=C(C#N)C#N)=C2. The van der Waals surface area contributed by atoms with Crippen LogP contribution in [0.15, 0.2) is 21.7 Å². The van der Waals surface area contributed by atoms with Gasteiger partial charge in [-0.05, 0) is 42.9 Å². The van der Waals surface area contributed by atoms with Gasteiger partial charge in [0.2, 0.25) is 10.7 Å². The molecule has 190 valence electrons. The van der Waals surface area contributed by atoms with Gasteiger partial charge in [-0.1, -0.05) is 61.4 Å². The minimum Gasteiger partial charge on any atom is -0.351 e. The third-order valence-electron chi connectivity index (χ3n) is 8.97. The molecule has 4 aliphatic rings. The summed E-state index contributed by atoms with van der Waals surface area (Å²) in [6.07, 6.45) is 13.5. The molecule has 2 spiro atoms. The van der Waals surface area contributed by atoms with Crippen LogP contribution in [0.5, 0.6) is 0 Å². The van der Waals surface area contributed by atoms with Crippen molar-refractivity contribution >= 4 is 66.0 Å². The van der Waals surface area contributed by atoms with E-state index in [1.165, 1.54) is 66.4 Å². The first-order valence-electron chi connectivity index (χ1n) is 13.3. The van der Waals surface area contributed by atoms with Crippen molar-refractivity contribution < 1.29 is 0 Å². The van der Waals surface area contributed by atoms with Gasteiger partial charge in [0.25, 0.3) is 0 Å². The summed E-state index contributed by atoms with van der Waals surface area (Å²) in [5, 5.41) is 29.0. The van der Waals surface area contributed by atoms with Gasteiger partial charge in [0, 0.05) is 32.2 Å². The van der Waals surface area contributed by atoms with Crippen molar-refractivity contribution in [3.63, 3.8) is 0 Å². The highest BCUT2D eigenvalue weighted by atomic mass is 32.1. The lowest BCUT2D eigenvalue weighted by Crippen LogP contribution is -2.35. The molecule has 7 rings (SSSR count). The van der Waals surface area contributed by atoms with Crippen LogP contribution in [0.1, 0.15) is 85.8 Å². The Morgan fingerprint density at radius 1 is 0.795 bits per heavy atom. The second kappa shape index (κ2) is 8.97. The maximum Gasteiger partial charge on any atom is 0.350 e. The van der Waals surface area contributed by atoms with Crippen molar-refractivity contribution in [2.24, 2.45) is 9.98 Å². The molecule has 0 aliphatic heterocycles. The molecule has 39 heavy (non-hydrogen) atoms. The summed E-state index contributed by atoms with van der Waals surface area (Å²) in [7, 11) is 0. The fourth-order valence-electron chi connectivity index (χ4n) is 7.51. The third-order valence-corrected chi connectivity index (χ3v) is 12.6. The Morgan fingerprint density at radius 2 is 1.46 bits per heavy atom. The molecular formula is C30H22N6S3. The van der Waals surface area contributed by atoms with E-state index >= 15 is 0 Å². The van der Waals surface area contributed by atoms with Crippen LogP contribution >= 0.6 is 34.0 Å². The van der Waals surface area contributed by atoms with Crippen molar-refractivity contribution in [1.82, 2.24) is 0 Å². The zero-order valence-electron chi connectivity index (χ0n) is 21.1. The fourth-order valence-corrected chi connectivity index (χ4v) is 11.8. The highest BCUT2D eigenvalue weighted by molar-refractivity contribution is 7.33. The Balaban J connectivity index is 1.47. The molecule has 2 fully saturated rings. The predicted octanol–water partition coefficient (Wildman–Crippen LogP) is 8.77. The lowest BCUT2D eigenvalue weighted by Gasteiger charge is -2.41. The van der Waals surface area contributed by atoms with E-state index in [2.05, 4.69) is 20.9 Å². The van der Waals surface area contributed by atoms with E-state index in [4.69, 9.17) is 6.57 Å². The maximum absolute atomic E-state index is 9.51. The molecule has 0 radical (unpaired) electrons. The van der Waals surface area contributed by atoms with E-state index in [1.54, 1.807) is 11.3 Å². The Bertz CT molecular complexity index is 1790. The molecule has 3 aromatic rings. The van der Waals surface area contributed by atoms with Gasteiger partial charge < -0.3 is 4.85 Å². The van der Waals surface area contributed by atoms with Crippen molar-refractivity contribution in [2.75, 3.05) is 0 Å². The Hall–Kier alpha value is -3.60. The van der Waals surface area contributed by atoms with Crippen molar-refractivity contribution in [3.8, 4) is 28.0 Å². The van der Waals surface area contributed by atoms with Gasteiger partial charge in [0.05, 0.1) is 20.0 Å². The number of hydrogen-bond acceptors (Lipinski definition) is 8. The normalized spacial score (nSPS) is 19.9. The van der Waals surface area contributed by atoms with E-state index in [9.17, 15) is 15.8 Å². The number of nitriles is 3. The first-order valence-corrected chi connectivity index (χ1v) is 15.8. The number of nitrogens with zero attached hydrogens (tertiary/aromatic N) is 6. The molecular weight excluding hydrogens is 541 g/mol. The zero-order chi connectivity index (χ0) is 26.8. The summed E-state index contributed by atoms with van der Waals surface area (Å²) in [6, 6.07) is 7.92. The molecule has 3 heterocycles. The van der Waals surface area contributed by atoms with Gasteiger partial charge in [0.15, 0.2) is 0 Å². The first-order chi connectivity index (χ1) is 19.1. The Kier molecular flexibility index (Phi) is 5.62. The van der Waals surface area contributed by atoms with Crippen molar-refractivity contribution in [1.29, 1.82) is 15.8 Å². The molecule has 0 atom stereocenters. The van der Waals surface area contributed by atoms with E-state index in [0.717, 1.165) is 49.2 Å². The number of hydrogen-bond donors (Lipinski definition) is 0. The third kappa shape index (κ3) is 3.31. The molecule has 3 aromatic heterocycles. The molecule has 0 amide bonds. The van der Waals surface area contributed by atoms with Crippen LogP contribution in [0.3, 0.4) is 0 Å². The van der Waals surface area contributed by atoms with E-state index < -0.39 is 0 Å². The standard InChI is InChI=1S/C30H22N6S3/c1-34-21(16-33)36-22-13-19-26(39-22)25-28(38-19)27-24(30(25)10-6-3-7-11-30)23-18(37-27)12-20(35-17(14-31)15-32)29(23)8-4-2-5-9-29/h12-13H,2-11H2. The molecule has 0 bridgehead atoms. The Labute approximate surface area is 238 Å². The molecule has 2 saturated carbocycles. The van der Waals surface area contributed by atoms with Crippen LogP contribution in [-0.2, 0) is 10.8 Å². The lowest BCUT2D eigenvalue weighted by molar-refractivity contribution is 0.321. The van der Waals surface area contributed by atoms with Gasteiger partial charge in [-0.25, -0.2) is 10.3 Å². The second-order valence-electron chi connectivity index (χ2n) is 10.8. The molecule has 0 saturated heterocycles. The van der Waals surface area contributed by atoms with Gasteiger partial charge in [-0.3, -0.25) is 0 Å². The topological polar surface area (TPSA) is 100 Å². The van der Waals surface area contributed by atoms with E-state index in [-0.39, 0.29) is 22.4 Å². The largest absolute Gasteiger partial charge is 0.351 e. The zero-order valence-corrected chi connectivity index (χ0v) is 23.6. The number of aliphatic imine (C=N–C) groups is 2. The molecule has 4 aliphatic carbocycles. The summed E-state index contributed by atoms with van der Waals surface area (Å²) in [5.41, 5.74) is 4.94. The number of amidine groups is 1. The Morgan fingerprint density at radius 3 is 2.10 bits per heavy atom. The molecule has 0 aromatic carbocycles. The number of thiophene rings is 3. The summed E-state index contributed by atoms with van der Waals surface area (Å²) >= 11 is 5.31. The average Bonchev–Trinajstić information content (AvgIpc) is 3.73. The van der Waals surface area contributed by atoms with Crippen LogP contribution in [0.4, 0.5) is 5.00 Å². The number of fused-ring (bicyclic) bond motifs is 10. The lowest BCUT2D eigenvalue weighted by atomic mass is 9.62. The summed E-state index contributed by atoms with van der Waals surface area (Å²) in [5.74, 6) is -0.127. The maximum atomic E-state index is 9.51.